The molecule has 0 spiro atoms. The summed E-state index contributed by atoms with van der Waals surface area (Å²) in [5.74, 6) is 1.91. The number of hydrogen-bond acceptors (Lipinski definition) is 2. The third-order valence-corrected chi connectivity index (χ3v) is 4.00. The third kappa shape index (κ3) is 3.84. The van der Waals surface area contributed by atoms with E-state index in [9.17, 15) is 0 Å². The van der Waals surface area contributed by atoms with Crippen molar-refractivity contribution >= 4 is 0 Å². The van der Waals surface area contributed by atoms with Crippen LogP contribution >= 0.6 is 0 Å². The average Bonchev–Trinajstić information content (AvgIpc) is 2.71. The van der Waals surface area contributed by atoms with Gasteiger partial charge >= 0.3 is 0 Å². The van der Waals surface area contributed by atoms with Crippen LogP contribution in [-0.4, -0.2) is 16.3 Å². The Morgan fingerprint density at radius 1 is 1.47 bits per heavy atom. The number of rotatable bonds is 5. The Labute approximate surface area is 105 Å². The highest BCUT2D eigenvalue weighted by Gasteiger charge is 2.18. The van der Waals surface area contributed by atoms with Gasteiger partial charge in [0.15, 0.2) is 0 Å². The molecule has 2 unspecified atom stereocenters. The van der Waals surface area contributed by atoms with E-state index >= 15 is 0 Å². The first-order valence-corrected chi connectivity index (χ1v) is 6.93. The predicted octanol–water partition coefficient (Wildman–Crippen LogP) is 2.73. The fourth-order valence-corrected chi connectivity index (χ4v) is 2.92. The van der Waals surface area contributed by atoms with Crippen molar-refractivity contribution in [2.45, 2.75) is 45.6 Å². The second-order valence-electron chi connectivity index (χ2n) is 5.55. The number of aromatic nitrogens is 2. The highest BCUT2D eigenvalue weighted by atomic mass is 15.3. The summed E-state index contributed by atoms with van der Waals surface area (Å²) in [7, 11) is 2.00. The van der Waals surface area contributed by atoms with Gasteiger partial charge in [-0.05, 0) is 37.3 Å². The normalized spacial score (nSPS) is 25.1. The lowest BCUT2D eigenvalue weighted by molar-refractivity contribution is 0.267. The second kappa shape index (κ2) is 6.20. The van der Waals surface area contributed by atoms with E-state index < -0.39 is 0 Å². The molecular formula is C14H25N3. The molecule has 0 radical (unpaired) electrons. The molecule has 1 fully saturated rings. The molecule has 3 nitrogen and oxygen atoms in total. The standard InChI is InChI=1S/C14H25N3/c1-12-4-3-5-13(10-12)6-8-15-11-14-7-9-16-17(14)2/h7,9,12-13,15H,3-6,8,10-11H2,1-2H3. The van der Waals surface area contributed by atoms with Crippen LogP contribution in [0.2, 0.25) is 0 Å². The Morgan fingerprint density at radius 3 is 3.06 bits per heavy atom. The van der Waals surface area contributed by atoms with E-state index in [4.69, 9.17) is 0 Å². The van der Waals surface area contributed by atoms with Crippen LogP contribution in [0.15, 0.2) is 12.3 Å². The second-order valence-corrected chi connectivity index (χ2v) is 5.55. The molecule has 1 aliphatic rings. The summed E-state index contributed by atoms with van der Waals surface area (Å²) in [4.78, 5) is 0. The Bertz CT molecular complexity index is 332. The van der Waals surface area contributed by atoms with Crippen LogP contribution in [0, 0.1) is 11.8 Å². The molecule has 96 valence electrons. The highest BCUT2D eigenvalue weighted by Crippen LogP contribution is 2.30. The number of aryl methyl sites for hydroxylation is 1. The Balaban J connectivity index is 1.61. The molecule has 3 heteroatoms. The average molecular weight is 235 g/mol. The molecule has 0 aliphatic heterocycles. The van der Waals surface area contributed by atoms with Crippen LogP contribution in [0.1, 0.15) is 44.7 Å². The van der Waals surface area contributed by atoms with Crippen LogP contribution in [-0.2, 0) is 13.6 Å². The van der Waals surface area contributed by atoms with E-state index in [2.05, 4.69) is 23.4 Å². The van der Waals surface area contributed by atoms with Gasteiger partial charge in [-0.2, -0.15) is 5.10 Å². The quantitative estimate of drug-likeness (QED) is 0.795. The van der Waals surface area contributed by atoms with Gasteiger partial charge in [0.25, 0.3) is 0 Å². The first kappa shape index (κ1) is 12.6. The van der Waals surface area contributed by atoms with Crippen molar-refractivity contribution in [2.24, 2.45) is 18.9 Å². The van der Waals surface area contributed by atoms with Crippen LogP contribution in [0.5, 0.6) is 0 Å². The van der Waals surface area contributed by atoms with E-state index in [0.717, 1.165) is 24.9 Å². The topological polar surface area (TPSA) is 29.9 Å². The summed E-state index contributed by atoms with van der Waals surface area (Å²) in [6.07, 6.45) is 8.96. The van der Waals surface area contributed by atoms with E-state index in [1.807, 2.05) is 17.9 Å². The fraction of sp³-hybridized carbons (Fsp3) is 0.786. The summed E-state index contributed by atoms with van der Waals surface area (Å²) in [5.41, 5.74) is 1.27. The number of hydrogen-bond donors (Lipinski definition) is 1. The summed E-state index contributed by atoms with van der Waals surface area (Å²) in [5, 5.41) is 7.70. The Kier molecular flexibility index (Phi) is 4.60. The van der Waals surface area contributed by atoms with Gasteiger partial charge in [0.05, 0.1) is 5.69 Å². The molecule has 2 atom stereocenters. The van der Waals surface area contributed by atoms with Gasteiger partial charge in [0, 0.05) is 19.8 Å². The zero-order valence-corrected chi connectivity index (χ0v) is 11.2. The molecular weight excluding hydrogens is 210 g/mol. The molecule has 17 heavy (non-hydrogen) atoms. The molecule has 1 N–H and O–H groups in total. The third-order valence-electron chi connectivity index (χ3n) is 4.00. The van der Waals surface area contributed by atoms with Crippen molar-refractivity contribution in [1.82, 2.24) is 15.1 Å². The minimum Gasteiger partial charge on any atom is -0.311 e. The Hall–Kier alpha value is -0.830. The van der Waals surface area contributed by atoms with Gasteiger partial charge < -0.3 is 5.32 Å². The zero-order valence-electron chi connectivity index (χ0n) is 11.2. The van der Waals surface area contributed by atoms with Gasteiger partial charge in [0.2, 0.25) is 0 Å². The van der Waals surface area contributed by atoms with Crippen molar-refractivity contribution in [3.05, 3.63) is 18.0 Å². The molecule has 1 aromatic heterocycles. The minimum atomic E-state index is 0.943. The van der Waals surface area contributed by atoms with Gasteiger partial charge in [-0.15, -0.1) is 0 Å². The van der Waals surface area contributed by atoms with Gasteiger partial charge in [-0.3, -0.25) is 4.68 Å². The lowest BCUT2D eigenvalue weighted by atomic mass is 9.81. The maximum Gasteiger partial charge on any atom is 0.0518 e. The molecule has 2 rings (SSSR count). The zero-order chi connectivity index (χ0) is 12.1. The summed E-state index contributed by atoms with van der Waals surface area (Å²) in [6.45, 7) is 4.48. The highest BCUT2D eigenvalue weighted by molar-refractivity contribution is 4.98. The van der Waals surface area contributed by atoms with Crippen molar-refractivity contribution in [3.63, 3.8) is 0 Å². The van der Waals surface area contributed by atoms with E-state index in [-0.39, 0.29) is 0 Å². The van der Waals surface area contributed by atoms with E-state index in [1.165, 1.54) is 37.8 Å². The predicted molar refractivity (Wildman–Crippen MR) is 70.7 cm³/mol. The van der Waals surface area contributed by atoms with Crippen molar-refractivity contribution < 1.29 is 0 Å². The molecule has 0 aromatic carbocycles. The number of nitrogens with zero attached hydrogens (tertiary/aromatic N) is 2. The van der Waals surface area contributed by atoms with Crippen molar-refractivity contribution in [3.8, 4) is 0 Å². The molecule has 1 aromatic rings. The SMILES string of the molecule is CC1CCCC(CCNCc2ccnn2C)C1. The van der Waals surface area contributed by atoms with Crippen LogP contribution in [0.4, 0.5) is 0 Å². The van der Waals surface area contributed by atoms with E-state index in [1.54, 1.807) is 0 Å². The number of nitrogens with one attached hydrogen (secondary N) is 1. The maximum atomic E-state index is 4.17. The minimum absolute atomic E-state index is 0.943. The Morgan fingerprint density at radius 2 is 2.35 bits per heavy atom. The van der Waals surface area contributed by atoms with Crippen molar-refractivity contribution in [2.75, 3.05) is 6.54 Å². The lowest BCUT2D eigenvalue weighted by Gasteiger charge is -2.26. The monoisotopic (exact) mass is 235 g/mol. The first-order chi connectivity index (χ1) is 8.25. The molecule has 1 heterocycles. The van der Waals surface area contributed by atoms with E-state index in [0.29, 0.717) is 0 Å². The van der Waals surface area contributed by atoms with Crippen molar-refractivity contribution in [1.29, 1.82) is 0 Å². The molecule has 0 amide bonds. The largest absolute Gasteiger partial charge is 0.311 e. The van der Waals surface area contributed by atoms with Crippen LogP contribution < -0.4 is 5.32 Å². The summed E-state index contributed by atoms with van der Waals surface area (Å²) < 4.78 is 1.94. The van der Waals surface area contributed by atoms with Gasteiger partial charge in [-0.25, -0.2) is 0 Å². The van der Waals surface area contributed by atoms with Gasteiger partial charge in [0.1, 0.15) is 0 Å². The molecule has 0 saturated heterocycles. The first-order valence-electron chi connectivity index (χ1n) is 6.93. The van der Waals surface area contributed by atoms with Gasteiger partial charge in [-0.1, -0.05) is 26.2 Å². The molecule has 1 aliphatic carbocycles. The van der Waals surface area contributed by atoms with Crippen LogP contribution in [0.3, 0.4) is 0 Å². The fourth-order valence-electron chi connectivity index (χ4n) is 2.92. The summed E-state index contributed by atoms with van der Waals surface area (Å²) in [6, 6.07) is 2.08. The molecule has 0 bridgehead atoms. The smallest absolute Gasteiger partial charge is 0.0518 e. The summed E-state index contributed by atoms with van der Waals surface area (Å²) >= 11 is 0. The maximum absolute atomic E-state index is 4.17. The van der Waals surface area contributed by atoms with Crippen LogP contribution in [0.25, 0.3) is 0 Å². The lowest BCUT2D eigenvalue weighted by Crippen LogP contribution is -2.22. The molecule has 1 saturated carbocycles.